The molecule has 199 valence electrons. The third kappa shape index (κ3) is 6.00. The second-order valence-electron chi connectivity index (χ2n) is 13.6. The Morgan fingerprint density at radius 1 is 0.605 bits per heavy atom. The van der Waals surface area contributed by atoms with E-state index in [2.05, 4.69) is 141 Å². The van der Waals surface area contributed by atoms with Crippen LogP contribution in [0.3, 0.4) is 0 Å². The minimum Gasteiger partial charge on any atom is -0.0656 e. The summed E-state index contributed by atoms with van der Waals surface area (Å²) in [5.41, 5.74) is 10.3. The van der Waals surface area contributed by atoms with Crippen LogP contribution in [-0.2, 0) is 0 Å². The monoisotopic (exact) mass is 551 g/mol. The second kappa shape index (κ2) is 10.7. The molecule has 0 aliphatic heterocycles. The van der Waals surface area contributed by atoms with Crippen LogP contribution >= 0.6 is 0 Å². The summed E-state index contributed by atoms with van der Waals surface area (Å²) in [5, 5.41) is 6.32. The quantitative estimate of drug-likeness (QED) is 0.268. The highest BCUT2D eigenvalue weighted by molar-refractivity contribution is 6.91. The van der Waals surface area contributed by atoms with Gasteiger partial charge in [-0.2, -0.15) is 0 Å². The van der Waals surface area contributed by atoms with Crippen molar-refractivity contribution in [3.63, 3.8) is 0 Å². The smallest absolute Gasteiger partial charge is 0.0656 e. The van der Waals surface area contributed by atoms with Crippen LogP contribution in [0, 0.1) is 19.8 Å². The van der Waals surface area contributed by atoms with Gasteiger partial charge in [0.2, 0.25) is 0 Å². The van der Waals surface area contributed by atoms with Gasteiger partial charge in [-0.1, -0.05) is 143 Å². The van der Waals surface area contributed by atoms with E-state index in [0.717, 1.165) is 0 Å². The van der Waals surface area contributed by atoms with Gasteiger partial charge in [0.05, 0.1) is 16.1 Å². The molecule has 0 spiro atoms. The van der Waals surface area contributed by atoms with Crippen LogP contribution in [0.1, 0.15) is 37.5 Å². The van der Waals surface area contributed by atoms with Crippen LogP contribution in [0.25, 0.3) is 5.57 Å². The molecule has 1 unspecified atom stereocenters. The zero-order valence-corrected chi connectivity index (χ0v) is 28.6. The molecule has 3 aromatic carbocycles. The SMILES string of the molecule is CC1=C(C)C(C[Si](c2cccc([Si](C)(C)C)c2)c2cccc([Si](C)(C)C)c2)C(c2cc(C)cc(C)c2)=C1C. The normalized spacial score (nSPS) is 16.7. The summed E-state index contributed by atoms with van der Waals surface area (Å²) in [5.74, 6) is 0.469. The van der Waals surface area contributed by atoms with E-state index < -0.39 is 24.9 Å². The Labute approximate surface area is 236 Å². The molecule has 0 heterocycles. The minimum absolute atomic E-state index is 0.469. The van der Waals surface area contributed by atoms with Gasteiger partial charge in [0.1, 0.15) is 8.80 Å². The maximum Gasteiger partial charge on any atom is 0.122 e. The van der Waals surface area contributed by atoms with E-state index in [1.807, 2.05) is 0 Å². The molecule has 0 saturated heterocycles. The third-order valence-electron chi connectivity index (χ3n) is 8.52. The first-order valence-electron chi connectivity index (χ1n) is 14.2. The van der Waals surface area contributed by atoms with Crippen molar-refractivity contribution >= 4 is 51.3 Å². The van der Waals surface area contributed by atoms with Gasteiger partial charge in [0.15, 0.2) is 0 Å². The molecule has 3 aromatic rings. The van der Waals surface area contributed by atoms with Crippen molar-refractivity contribution < 1.29 is 0 Å². The van der Waals surface area contributed by atoms with E-state index in [1.165, 1.54) is 33.9 Å². The van der Waals surface area contributed by atoms with E-state index in [-0.39, 0.29) is 0 Å². The van der Waals surface area contributed by atoms with Crippen molar-refractivity contribution in [1.82, 2.24) is 0 Å². The molecule has 1 radical (unpaired) electrons. The Balaban J connectivity index is 1.88. The van der Waals surface area contributed by atoms with E-state index in [1.54, 1.807) is 31.9 Å². The lowest BCUT2D eigenvalue weighted by Crippen LogP contribution is -2.49. The van der Waals surface area contributed by atoms with Crippen LogP contribution in [0.2, 0.25) is 45.3 Å². The van der Waals surface area contributed by atoms with Crippen LogP contribution in [0.5, 0.6) is 0 Å². The van der Waals surface area contributed by atoms with Crippen molar-refractivity contribution in [2.45, 2.75) is 79.9 Å². The van der Waals surface area contributed by atoms with E-state index in [4.69, 9.17) is 0 Å². The Morgan fingerprint density at radius 2 is 1.08 bits per heavy atom. The molecule has 0 N–H and O–H groups in total. The first-order chi connectivity index (χ1) is 17.7. The van der Waals surface area contributed by atoms with Crippen LogP contribution in [-0.4, -0.2) is 24.9 Å². The number of aryl methyl sites for hydroxylation is 2. The topological polar surface area (TPSA) is 0 Å². The van der Waals surface area contributed by atoms with E-state index >= 15 is 0 Å². The van der Waals surface area contributed by atoms with Gasteiger partial charge < -0.3 is 0 Å². The van der Waals surface area contributed by atoms with Gasteiger partial charge >= 0.3 is 0 Å². The predicted octanol–water partition coefficient (Wildman–Crippen LogP) is 7.44. The zero-order chi connectivity index (χ0) is 28.0. The summed E-state index contributed by atoms with van der Waals surface area (Å²) < 4.78 is 0. The maximum absolute atomic E-state index is 2.59. The molecule has 0 saturated carbocycles. The van der Waals surface area contributed by atoms with Gasteiger partial charge in [0, 0.05) is 5.92 Å². The van der Waals surface area contributed by atoms with Crippen molar-refractivity contribution in [2.75, 3.05) is 0 Å². The summed E-state index contributed by atoms with van der Waals surface area (Å²) in [4.78, 5) is 0. The molecule has 0 nitrogen and oxygen atoms in total. The average Bonchev–Trinajstić information content (AvgIpc) is 3.04. The standard InChI is InChI=1S/C35H47Si3/c1-24-18-25(2)20-29(19-24)35-28(5)26(3)27(4)34(35)23-36(30-14-12-16-32(21-30)37(6,7)8)31-15-13-17-33(22-31)38(9,10)11/h12-22,34H,23H2,1-11H3. The summed E-state index contributed by atoms with van der Waals surface area (Å²) in [6.07, 6.45) is 0. The first kappa shape index (κ1) is 28.8. The molecular formula is C35H47Si3. The van der Waals surface area contributed by atoms with Crippen LogP contribution in [0.4, 0.5) is 0 Å². The Morgan fingerprint density at radius 3 is 1.53 bits per heavy atom. The van der Waals surface area contributed by atoms with Crippen molar-refractivity contribution in [3.8, 4) is 0 Å². The van der Waals surface area contributed by atoms with Crippen LogP contribution < -0.4 is 20.7 Å². The number of rotatable bonds is 7. The lowest BCUT2D eigenvalue weighted by atomic mass is 9.90. The molecule has 0 amide bonds. The number of benzene rings is 3. The highest BCUT2D eigenvalue weighted by atomic mass is 28.3. The lowest BCUT2D eigenvalue weighted by Gasteiger charge is -2.27. The third-order valence-corrected chi connectivity index (χ3v) is 15.4. The van der Waals surface area contributed by atoms with Gasteiger partial charge in [0.25, 0.3) is 0 Å². The fraction of sp³-hybridized carbons (Fsp3) is 0.371. The summed E-state index contributed by atoms with van der Waals surface area (Å²) in [6, 6.07) is 27.8. The molecule has 1 aliphatic rings. The Hall–Kier alpha value is -2.21. The molecule has 38 heavy (non-hydrogen) atoms. The molecular weight excluding hydrogens is 505 g/mol. The number of allylic oxidation sites excluding steroid dienone is 4. The van der Waals surface area contributed by atoms with Crippen molar-refractivity contribution in [1.29, 1.82) is 0 Å². The molecule has 0 aromatic heterocycles. The highest BCUT2D eigenvalue weighted by Gasteiger charge is 2.33. The van der Waals surface area contributed by atoms with E-state index in [9.17, 15) is 0 Å². The highest BCUT2D eigenvalue weighted by Crippen LogP contribution is 2.45. The maximum atomic E-state index is 2.59. The Bertz CT molecular complexity index is 1330. The zero-order valence-electron chi connectivity index (χ0n) is 25.6. The molecule has 1 aliphatic carbocycles. The van der Waals surface area contributed by atoms with Gasteiger partial charge in [-0.05, 0) is 62.9 Å². The van der Waals surface area contributed by atoms with Gasteiger partial charge in [-0.15, -0.1) is 0 Å². The summed E-state index contributed by atoms with van der Waals surface area (Å²) in [7, 11) is -3.82. The lowest BCUT2D eigenvalue weighted by molar-refractivity contribution is 0.884. The van der Waals surface area contributed by atoms with Crippen molar-refractivity contribution in [2.24, 2.45) is 5.92 Å². The average molecular weight is 552 g/mol. The van der Waals surface area contributed by atoms with Crippen LogP contribution in [0.15, 0.2) is 83.4 Å². The largest absolute Gasteiger partial charge is 0.122 e. The second-order valence-corrected chi connectivity index (χ2v) is 26.3. The molecule has 3 heteroatoms. The van der Waals surface area contributed by atoms with Crippen molar-refractivity contribution in [3.05, 3.63) is 100 Å². The van der Waals surface area contributed by atoms with E-state index in [0.29, 0.717) is 5.92 Å². The molecule has 0 bridgehead atoms. The summed E-state index contributed by atoms with van der Waals surface area (Å²) >= 11 is 0. The predicted molar refractivity (Wildman–Crippen MR) is 179 cm³/mol. The molecule has 1 atom stereocenters. The fourth-order valence-electron chi connectivity index (χ4n) is 5.99. The summed E-state index contributed by atoms with van der Waals surface area (Å²) in [6.45, 7) is 26.4. The number of hydrogen-bond acceptors (Lipinski definition) is 0. The fourth-order valence-corrected chi connectivity index (χ4v) is 11.6. The molecule has 4 rings (SSSR count). The minimum atomic E-state index is -1.41. The van der Waals surface area contributed by atoms with Gasteiger partial charge in [-0.25, -0.2) is 0 Å². The first-order valence-corrected chi connectivity index (χ1v) is 22.9. The molecule has 0 fully saturated rings. The Kier molecular flexibility index (Phi) is 8.14. The number of hydrogen-bond donors (Lipinski definition) is 0. The van der Waals surface area contributed by atoms with Gasteiger partial charge in [-0.3, -0.25) is 0 Å².